The zero-order valence-corrected chi connectivity index (χ0v) is 17.5. The molecular weight excluding hydrogens is 436 g/mol. The van der Waals surface area contributed by atoms with Crippen molar-refractivity contribution >= 4 is 42.3 Å². The van der Waals surface area contributed by atoms with Crippen LogP contribution < -0.4 is 15.4 Å². The van der Waals surface area contributed by atoms with Crippen molar-refractivity contribution < 1.29 is 27.5 Å². The molecule has 1 aromatic rings. The molecule has 0 aliphatic carbocycles. The van der Waals surface area contributed by atoms with Crippen molar-refractivity contribution in [3.63, 3.8) is 0 Å². The maximum atomic E-state index is 12.1. The molecular formula is C17H25Cl2F3N4O3. The molecule has 0 bridgehead atoms. The highest BCUT2D eigenvalue weighted by Crippen LogP contribution is 2.23. The van der Waals surface area contributed by atoms with Gasteiger partial charge in [-0.3, -0.25) is 14.5 Å². The zero-order chi connectivity index (χ0) is 19.9. The summed E-state index contributed by atoms with van der Waals surface area (Å²) in [5.74, 6) is -0.524. The number of carbonyl (C=O) groups is 2. The van der Waals surface area contributed by atoms with Crippen molar-refractivity contribution in [2.24, 2.45) is 0 Å². The summed E-state index contributed by atoms with van der Waals surface area (Å²) < 4.78 is 40.2. The molecule has 29 heavy (non-hydrogen) atoms. The molecule has 0 atom stereocenters. The Morgan fingerprint density at radius 1 is 1.07 bits per heavy atom. The first-order valence-electron chi connectivity index (χ1n) is 8.57. The Morgan fingerprint density at radius 2 is 1.66 bits per heavy atom. The predicted molar refractivity (Wildman–Crippen MR) is 108 cm³/mol. The summed E-state index contributed by atoms with van der Waals surface area (Å²) in [6.45, 7) is 3.11. The molecule has 0 saturated carbocycles. The molecule has 0 aromatic heterocycles. The molecule has 1 saturated heterocycles. The van der Waals surface area contributed by atoms with Crippen molar-refractivity contribution in [1.82, 2.24) is 15.1 Å². The Bertz CT molecular complexity index is 640. The molecule has 0 radical (unpaired) electrons. The lowest BCUT2D eigenvalue weighted by Crippen LogP contribution is -2.50. The zero-order valence-electron chi connectivity index (χ0n) is 15.8. The summed E-state index contributed by atoms with van der Waals surface area (Å²) >= 11 is 0. The van der Waals surface area contributed by atoms with Gasteiger partial charge in [-0.1, -0.05) is 0 Å². The fourth-order valence-electron chi connectivity index (χ4n) is 2.69. The van der Waals surface area contributed by atoms with Crippen LogP contribution in [0.15, 0.2) is 24.3 Å². The van der Waals surface area contributed by atoms with E-state index in [4.69, 9.17) is 0 Å². The molecule has 1 aliphatic heterocycles. The van der Waals surface area contributed by atoms with Gasteiger partial charge < -0.3 is 20.3 Å². The lowest BCUT2D eigenvalue weighted by molar-refractivity contribution is -0.274. The highest BCUT2D eigenvalue weighted by atomic mass is 35.5. The number of alkyl halides is 3. The van der Waals surface area contributed by atoms with Gasteiger partial charge in [0.2, 0.25) is 11.8 Å². The Kier molecular flexibility index (Phi) is 12.0. The van der Waals surface area contributed by atoms with Gasteiger partial charge in [-0.25, -0.2) is 0 Å². The lowest BCUT2D eigenvalue weighted by Gasteiger charge is -2.34. The van der Waals surface area contributed by atoms with Crippen LogP contribution in [0, 0.1) is 0 Å². The largest absolute Gasteiger partial charge is 0.573 e. The van der Waals surface area contributed by atoms with Crippen LogP contribution >= 0.6 is 24.8 Å². The van der Waals surface area contributed by atoms with Crippen molar-refractivity contribution in [3.05, 3.63) is 24.3 Å². The van der Waals surface area contributed by atoms with Crippen molar-refractivity contribution in [3.8, 4) is 5.75 Å². The van der Waals surface area contributed by atoms with Gasteiger partial charge in [0, 0.05) is 44.8 Å². The Labute approximate surface area is 179 Å². The molecule has 2 N–H and O–H groups in total. The SMILES string of the molecule is CNCCC(=O)N1CCN(CC(=O)Nc2ccc(OC(F)(F)F)cc2)CC1.Cl.Cl. The number of halogens is 5. The van der Waals surface area contributed by atoms with Gasteiger partial charge in [0.1, 0.15) is 5.75 Å². The summed E-state index contributed by atoms with van der Waals surface area (Å²) in [5.41, 5.74) is 0.385. The van der Waals surface area contributed by atoms with E-state index in [2.05, 4.69) is 15.4 Å². The molecule has 0 spiro atoms. The number of nitrogens with zero attached hydrogens (tertiary/aromatic N) is 2. The van der Waals surface area contributed by atoms with Crippen molar-refractivity contribution in [2.45, 2.75) is 12.8 Å². The Balaban J connectivity index is 0.00000392. The van der Waals surface area contributed by atoms with E-state index >= 15 is 0 Å². The second-order valence-corrected chi connectivity index (χ2v) is 6.13. The first kappa shape index (κ1) is 27.2. The molecule has 0 unspecified atom stereocenters. The van der Waals surface area contributed by atoms with Crippen LogP contribution in [0.5, 0.6) is 5.75 Å². The number of piperazine rings is 1. The van der Waals surface area contributed by atoms with E-state index in [-0.39, 0.29) is 48.9 Å². The van der Waals surface area contributed by atoms with Crippen LogP contribution in [-0.4, -0.2) is 74.3 Å². The second kappa shape index (κ2) is 12.7. The highest BCUT2D eigenvalue weighted by Gasteiger charge is 2.31. The van der Waals surface area contributed by atoms with E-state index < -0.39 is 6.36 Å². The fraction of sp³-hybridized carbons (Fsp3) is 0.529. The van der Waals surface area contributed by atoms with Crippen LogP contribution in [0.1, 0.15) is 6.42 Å². The number of rotatable bonds is 7. The third-order valence-electron chi connectivity index (χ3n) is 4.05. The topological polar surface area (TPSA) is 73.9 Å². The smallest absolute Gasteiger partial charge is 0.406 e. The van der Waals surface area contributed by atoms with E-state index in [1.54, 1.807) is 11.9 Å². The first-order valence-corrected chi connectivity index (χ1v) is 8.57. The average Bonchev–Trinajstić information content (AvgIpc) is 2.60. The molecule has 2 rings (SSSR count). The molecule has 1 fully saturated rings. The third-order valence-corrected chi connectivity index (χ3v) is 4.05. The first-order chi connectivity index (χ1) is 12.8. The van der Waals surface area contributed by atoms with E-state index in [9.17, 15) is 22.8 Å². The minimum absolute atomic E-state index is 0. The number of benzene rings is 1. The quantitative estimate of drug-likeness (QED) is 0.651. The molecule has 166 valence electrons. The molecule has 1 aliphatic rings. The normalized spacial score (nSPS) is 14.4. The molecule has 1 aromatic carbocycles. The van der Waals surface area contributed by atoms with Gasteiger partial charge in [0.15, 0.2) is 0 Å². The summed E-state index contributed by atoms with van der Waals surface area (Å²) in [7, 11) is 1.79. The van der Waals surface area contributed by atoms with Gasteiger partial charge in [-0.15, -0.1) is 38.0 Å². The standard InChI is InChI=1S/C17H23F3N4O3.2ClH/c1-21-7-6-16(26)24-10-8-23(9-11-24)12-15(25)22-13-2-4-14(5-3-13)27-17(18,19)20;;/h2-5,21H,6-12H2,1H3,(H,22,25);2*1H. The van der Waals surface area contributed by atoms with Gasteiger partial charge in [-0.2, -0.15) is 0 Å². The Morgan fingerprint density at radius 3 is 2.17 bits per heavy atom. The third kappa shape index (κ3) is 10.0. The van der Waals surface area contributed by atoms with Crippen molar-refractivity contribution in [1.29, 1.82) is 0 Å². The van der Waals surface area contributed by atoms with E-state index in [1.807, 2.05) is 4.90 Å². The summed E-state index contributed by atoms with van der Waals surface area (Å²) in [6, 6.07) is 4.96. The van der Waals surface area contributed by atoms with Crippen LogP contribution in [0.3, 0.4) is 0 Å². The second-order valence-electron chi connectivity index (χ2n) is 6.13. The highest BCUT2D eigenvalue weighted by molar-refractivity contribution is 5.92. The minimum Gasteiger partial charge on any atom is -0.406 e. The summed E-state index contributed by atoms with van der Waals surface area (Å²) in [4.78, 5) is 27.8. The maximum Gasteiger partial charge on any atom is 0.573 e. The van der Waals surface area contributed by atoms with Gasteiger partial charge in [0.05, 0.1) is 6.54 Å². The number of nitrogens with one attached hydrogen (secondary N) is 2. The minimum atomic E-state index is -4.75. The Hall–Kier alpha value is -1.75. The van der Waals surface area contributed by atoms with Crippen LogP contribution in [0.25, 0.3) is 0 Å². The van der Waals surface area contributed by atoms with Gasteiger partial charge in [-0.05, 0) is 31.3 Å². The van der Waals surface area contributed by atoms with Crippen LogP contribution in [0.2, 0.25) is 0 Å². The molecule has 2 amide bonds. The number of carbonyl (C=O) groups excluding carboxylic acids is 2. The van der Waals surface area contributed by atoms with E-state index in [0.717, 1.165) is 12.1 Å². The van der Waals surface area contributed by atoms with Crippen LogP contribution in [0.4, 0.5) is 18.9 Å². The summed E-state index contributed by atoms with van der Waals surface area (Å²) in [6.07, 6.45) is -4.30. The predicted octanol–water partition coefficient (Wildman–Crippen LogP) is 2.12. The van der Waals surface area contributed by atoms with Crippen LogP contribution in [-0.2, 0) is 9.59 Å². The monoisotopic (exact) mass is 460 g/mol. The van der Waals surface area contributed by atoms with Gasteiger partial charge in [0.25, 0.3) is 0 Å². The number of hydrogen-bond acceptors (Lipinski definition) is 5. The fourth-order valence-corrected chi connectivity index (χ4v) is 2.69. The summed E-state index contributed by atoms with van der Waals surface area (Å²) in [5, 5.41) is 5.57. The number of ether oxygens (including phenoxy) is 1. The molecule has 12 heteroatoms. The molecule has 1 heterocycles. The van der Waals surface area contributed by atoms with Gasteiger partial charge >= 0.3 is 6.36 Å². The molecule has 7 nitrogen and oxygen atoms in total. The number of amides is 2. The number of hydrogen-bond donors (Lipinski definition) is 2. The van der Waals surface area contributed by atoms with E-state index in [0.29, 0.717) is 44.8 Å². The maximum absolute atomic E-state index is 12.1. The average molecular weight is 461 g/mol. The van der Waals surface area contributed by atoms with E-state index in [1.165, 1.54) is 12.1 Å². The lowest BCUT2D eigenvalue weighted by atomic mass is 10.2. The number of anilines is 1. The van der Waals surface area contributed by atoms with Crippen molar-refractivity contribution in [2.75, 3.05) is 51.6 Å².